The molecule has 1 heterocycles. The molecule has 0 fully saturated rings. The molecule has 0 bridgehead atoms. The Morgan fingerprint density at radius 2 is 2.38 bits per heavy atom. The van der Waals surface area contributed by atoms with Crippen molar-refractivity contribution in [3.63, 3.8) is 0 Å². The zero-order chi connectivity index (χ0) is 11.8. The van der Waals surface area contributed by atoms with Crippen molar-refractivity contribution in [3.05, 3.63) is 22.4 Å². The summed E-state index contributed by atoms with van der Waals surface area (Å²) >= 11 is 1.78. The summed E-state index contributed by atoms with van der Waals surface area (Å²) in [6, 6.07) is 4.67. The van der Waals surface area contributed by atoms with Crippen molar-refractivity contribution in [2.45, 2.75) is 32.2 Å². The van der Waals surface area contributed by atoms with E-state index in [1.807, 2.05) is 0 Å². The first-order chi connectivity index (χ1) is 7.77. The van der Waals surface area contributed by atoms with E-state index in [0.717, 1.165) is 19.4 Å². The first-order valence-electron chi connectivity index (χ1n) is 5.75. The SMILES string of the molecule is CCC(NCCCC(=O)NC)c1cccs1. The summed E-state index contributed by atoms with van der Waals surface area (Å²) in [5.74, 6) is 0.117. The van der Waals surface area contributed by atoms with Gasteiger partial charge >= 0.3 is 0 Å². The number of amides is 1. The average Bonchev–Trinajstić information content (AvgIpc) is 2.82. The van der Waals surface area contributed by atoms with Crippen LogP contribution in [0.3, 0.4) is 0 Å². The van der Waals surface area contributed by atoms with Gasteiger partial charge in [-0.3, -0.25) is 4.79 Å². The fourth-order valence-corrected chi connectivity index (χ4v) is 2.47. The molecule has 0 saturated heterocycles. The van der Waals surface area contributed by atoms with Crippen LogP contribution in [0, 0.1) is 0 Å². The van der Waals surface area contributed by atoms with Crippen LogP contribution in [0.5, 0.6) is 0 Å². The van der Waals surface area contributed by atoms with Crippen LogP contribution in [0.1, 0.15) is 37.1 Å². The Labute approximate surface area is 101 Å². The second kappa shape index (κ2) is 7.41. The minimum atomic E-state index is 0.117. The molecular weight excluding hydrogens is 220 g/mol. The van der Waals surface area contributed by atoms with E-state index in [0.29, 0.717) is 12.5 Å². The van der Waals surface area contributed by atoms with E-state index < -0.39 is 0 Å². The molecule has 1 aromatic heterocycles. The first-order valence-corrected chi connectivity index (χ1v) is 6.63. The summed E-state index contributed by atoms with van der Waals surface area (Å²) in [6.07, 6.45) is 2.58. The van der Waals surface area contributed by atoms with Gasteiger partial charge in [-0.25, -0.2) is 0 Å². The number of carbonyl (C=O) groups excluding carboxylic acids is 1. The van der Waals surface area contributed by atoms with Crippen molar-refractivity contribution in [2.75, 3.05) is 13.6 Å². The normalized spacial score (nSPS) is 12.4. The summed E-state index contributed by atoms with van der Waals surface area (Å²) in [5.41, 5.74) is 0. The topological polar surface area (TPSA) is 41.1 Å². The van der Waals surface area contributed by atoms with Crippen LogP contribution in [-0.4, -0.2) is 19.5 Å². The predicted molar refractivity (Wildman–Crippen MR) is 68.7 cm³/mol. The van der Waals surface area contributed by atoms with Crippen LogP contribution >= 0.6 is 11.3 Å². The van der Waals surface area contributed by atoms with Gasteiger partial charge in [-0.1, -0.05) is 13.0 Å². The third-order valence-electron chi connectivity index (χ3n) is 2.55. The molecule has 0 aliphatic heterocycles. The maximum absolute atomic E-state index is 11.0. The summed E-state index contributed by atoms with van der Waals surface area (Å²) in [4.78, 5) is 12.4. The summed E-state index contributed by atoms with van der Waals surface area (Å²) in [6.45, 7) is 3.07. The van der Waals surface area contributed by atoms with Gasteiger partial charge in [0.25, 0.3) is 0 Å². The van der Waals surface area contributed by atoms with Crippen LogP contribution < -0.4 is 10.6 Å². The Morgan fingerprint density at radius 3 is 2.94 bits per heavy atom. The van der Waals surface area contributed by atoms with E-state index in [4.69, 9.17) is 0 Å². The molecule has 4 heteroatoms. The Bertz CT molecular complexity index is 298. The van der Waals surface area contributed by atoms with Crippen molar-refractivity contribution in [1.29, 1.82) is 0 Å². The molecule has 1 amide bonds. The van der Waals surface area contributed by atoms with Gasteiger partial charge in [-0.05, 0) is 30.8 Å². The fourth-order valence-electron chi connectivity index (χ4n) is 1.59. The molecule has 1 unspecified atom stereocenters. The quantitative estimate of drug-likeness (QED) is 0.718. The van der Waals surface area contributed by atoms with E-state index in [1.165, 1.54) is 4.88 Å². The number of nitrogens with one attached hydrogen (secondary N) is 2. The molecule has 16 heavy (non-hydrogen) atoms. The second-order valence-electron chi connectivity index (χ2n) is 3.71. The van der Waals surface area contributed by atoms with E-state index in [9.17, 15) is 4.79 Å². The number of hydrogen-bond acceptors (Lipinski definition) is 3. The van der Waals surface area contributed by atoms with Gasteiger partial charge in [0, 0.05) is 24.4 Å². The highest BCUT2D eigenvalue weighted by Crippen LogP contribution is 2.21. The molecule has 2 N–H and O–H groups in total. The van der Waals surface area contributed by atoms with Crippen molar-refractivity contribution in [1.82, 2.24) is 10.6 Å². The molecule has 0 aliphatic rings. The highest BCUT2D eigenvalue weighted by Gasteiger charge is 2.08. The van der Waals surface area contributed by atoms with E-state index in [2.05, 4.69) is 35.1 Å². The van der Waals surface area contributed by atoms with Crippen LogP contribution in [0.25, 0.3) is 0 Å². The Hall–Kier alpha value is -0.870. The lowest BCUT2D eigenvalue weighted by Gasteiger charge is -2.14. The molecule has 0 spiro atoms. The molecule has 1 rings (SSSR count). The van der Waals surface area contributed by atoms with E-state index in [-0.39, 0.29) is 5.91 Å². The average molecular weight is 240 g/mol. The van der Waals surface area contributed by atoms with Gasteiger partial charge < -0.3 is 10.6 Å². The largest absolute Gasteiger partial charge is 0.359 e. The lowest BCUT2D eigenvalue weighted by molar-refractivity contribution is -0.120. The molecule has 0 radical (unpaired) electrons. The molecule has 1 aromatic rings. The zero-order valence-electron chi connectivity index (χ0n) is 9.95. The number of carbonyl (C=O) groups is 1. The van der Waals surface area contributed by atoms with Gasteiger partial charge in [-0.2, -0.15) is 0 Å². The van der Waals surface area contributed by atoms with Gasteiger partial charge in [0.1, 0.15) is 0 Å². The Morgan fingerprint density at radius 1 is 1.56 bits per heavy atom. The summed E-state index contributed by atoms with van der Waals surface area (Å²) < 4.78 is 0. The molecule has 3 nitrogen and oxygen atoms in total. The summed E-state index contributed by atoms with van der Waals surface area (Å²) in [5, 5.41) is 8.21. The van der Waals surface area contributed by atoms with Gasteiger partial charge in [-0.15, -0.1) is 11.3 Å². The molecular formula is C12H20N2OS. The van der Waals surface area contributed by atoms with Crippen molar-refractivity contribution in [3.8, 4) is 0 Å². The molecule has 0 aliphatic carbocycles. The zero-order valence-corrected chi connectivity index (χ0v) is 10.8. The maximum Gasteiger partial charge on any atom is 0.219 e. The Kier molecular flexibility index (Phi) is 6.11. The van der Waals surface area contributed by atoms with Crippen molar-refractivity contribution in [2.24, 2.45) is 0 Å². The Balaban J connectivity index is 2.22. The van der Waals surface area contributed by atoms with Crippen LogP contribution in [0.15, 0.2) is 17.5 Å². The molecule has 90 valence electrons. The van der Waals surface area contributed by atoms with Crippen LogP contribution in [0.4, 0.5) is 0 Å². The third-order valence-corrected chi connectivity index (χ3v) is 3.53. The van der Waals surface area contributed by atoms with Crippen molar-refractivity contribution < 1.29 is 4.79 Å². The third kappa shape index (κ3) is 4.33. The minimum absolute atomic E-state index is 0.117. The number of rotatable bonds is 7. The number of thiophene rings is 1. The fraction of sp³-hybridized carbons (Fsp3) is 0.583. The van der Waals surface area contributed by atoms with Gasteiger partial charge in [0.05, 0.1) is 0 Å². The van der Waals surface area contributed by atoms with Gasteiger partial charge in [0.15, 0.2) is 0 Å². The van der Waals surface area contributed by atoms with E-state index in [1.54, 1.807) is 18.4 Å². The predicted octanol–water partition coefficient (Wildman–Crippen LogP) is 2.32. The highest BCUT2D eigenvalue weighted by atomic mass is 32.1. The van der Waals surface area contributed by atoms with Gasteiger partial charge in [0.2, 0.25) is 5.91 Å². The lowest BCUT2D eigenvalue weighted by atomic mass is 10.2. The standard InChI is InChI=1S/C12H20N2OS/c1-3-10(11-6-5-9-16-11)14-8-4-7-12(15)13-2/h5-6,9-10,14H,3-4,7-8H2,1-2H3,(H,13,15). The van der Waals surface area contributed by atoms with Crippen LogP contribution in [0.2, 0.25) is 0 Å². The minimum Gasteiger partial charge on any atom is -0.359 e. The highest BCUT2D eigenvalue weighted by molar-refractivity contribution is 7.10. The van der Waals surface area contributed by atoms with Crippen LogP contribution in [-0.2, 0) is 4.79 Å². The smallest absolute Gasteiger partial charge is 0.219 e. The van der Waals surface area contributed by atoms with E-state index >= 15 is 0 Å². The molecule has 0 aromatic carbocycles. The second-order valence-corrected chi connectivity index (χ2v) is 4.69. The lowest BCUT2D eigenvalue weighted by Crippen LogP contribution is -2.23. The van der Waals surface area contributed by atoms with Crippen molar-refractivity contribution >= 4 is 17.2 Å². The molecule has 1 atom stereocenters. The molecule has 0 saturated carbocycles. The monoisotopic (exact) mass is 240 g/mol. The first kappa shape index (κ1) is 13.2. The maximum atomic E-state index is 11.0. The summed E-state index contributed by atoms with van der Waals surface area (Å²) in [7, 11) is 1.68. The number of hydrogen-bond donors (Lipinski definition) is 2.